The Kier molecular flexibility index (Phi) is 8.70. The van der Waals surface area contributed by atoms with E-state index in [9.17, 15) is 0 Å². The van der Waals surface area contributed by atoms with Gasteiger partial charge in [-0.25, -0.2) is 10.5 Å². The maximum Gasteiger partial charge on any atom is 0.0753 e. The van der Waals surface area contributed by atoms with Gasteiger partial charge in [0, 0.05) is 0 Å². The second kappa shape index (κ2) is 6.95. The van der Waals surface area contributed by atoms with E-state index in [4.69, 9.17) is 10.5 Å². The van der Waals surface area contributed by atoms with Gasteiger partial charge in [0.05, 0.1) is 27.2 Å². The van der Waals surface area contributed by atoms with Crippen LogP contribution in [0.1, 0.15) is 13.8 Å². The minimum Gasteiger partial charge on any atom is -0.329 e. The fraction of sp³-hybridized carbons (Fsp3) is 1.00. The fourth-order valence-corrected chi connectivity index (χ4v) is 0.224. The van der Waals surface area contributed by atoms with Gasteiger partial charge in [0.2, 0.25) is 0 Å². The lowest BCUT2D eigenvalue weighted by Crippen LogP contribution is -2.38. The average molecular weight is 152 g/mol. The van der Waals surface area contributed by atoms with Crippen LogP contribution in [0.5, 0.6) is 0 Å². The van der Waals surface area contributed by atoms with Crippen LogP contribution in [0.2, 0.25) is 0 Å². The standard InChI is InChI=1S/C6H16N.H2O3/c1-5-7(3,4)6-2;1-3-2/h5-6H2,1-4H3;1-2H/q+1;. The van der Waals surface area contributed by atoms with Crippen LogP contribution in [-0.2, 0) is 5.04 Å². The summed E-state index contributed by atoms with van der Waals surface area (Å²) in [7, 11) is 4.47. The summed E-state index contributed by atoms with van der Waals surface area (Å²) in [5.74, 6) is 0. The van der Waals surface area contributed by atoms with Gasteiger partial charge in [-0.1, -0.05) is 5.04 Å². The Morgan fingerprint density at radius 1 is 1.10 bits per heavy atom. The molecule has 4 nitrogen and oxygen atoms in total. The highest BCUT2D eigenvalue weighted by Crippen LogP contribution is 1.91. The molecule has 64 valence electrons. The third-order valence-electron chi connectivity index (χ3n) is 1.71. The molecule has 0 bridgehead atoms. The molecule has 4 heteroatoms. The number of quaternary nitrogens is 1. The van der Waals surface area contributed by atoms with E-state index in [0.29, 0.717) is 0 Å². The second-order valence-electron chi connectivity index (χ2n) is 2.65. The van der Waals surface area contributed by atoms with Crippen LogP contribution >= 0.6 is 0 Å². The molecule has 0 spiro atoms. The highest BCUT2D eigenvalue weighted by molar-refractivity contribution is 4.17. The predicted octanol–water partition coefficient (Wildman–Crippen LogP) is 1.05. The topological polar surface area (TPSA) is 49.7 Å². The molecule has 0 rings (SSSR count). The van der Waals surface area contributed by atoms with Crippen LogP contribution < -0.4 is 0 Å². The van der Waals surface area contributed by atoms with E-state index in [1.54, 1.807) is 0 Å². The number of rotatable bonds is 2. The molecule has 0 aromatic carbocycles. The van der Waals surface area contributed by atoms with Gasteiger partial charge >= 0.3 is 0 Å². The Bertz CT molecular complexity index is 60.0. The molecule has 0 atom stereocenters. The Labute approximate surface area is 62.1 Å². The van der Waals surface area contributed by atoms with Crippen molar-refractivity contribution in [1.29, 1.82) is 0 Å². The molecule has 0 saturated carbocycles. The summed E-state index contributed by atoms with van der Waals surface area (Å²) in [6, 6.07) is 0. The summed E-state index contributed by atoms with van der Waals surface area (Å²) in [6.07, 6.45) is 0. The summed E-state index contributed by atoms with van der Waals surface area (Å²) >= 11 is 0. The van der Waals surface area contributed by atoms with Crippen molar-refractivity contribution in [3.8, 4) is 0 Å². The highest BCUT2D eigenvalue weighted by Gasteiger charge is 2.04. The van der Waals surface area contributed by atoms with Gasteiger partial charge in [0.1, 0.15) is 0 Å². The van der Waals surface area contributed by atoms with E-state index in [0.717, 1.165) is 4.48 Å². The van der Waals surface area contributed by atoms with Gasteiger partial charge in [-0.3, -0.25) is 0 Å². The van der Waals surface area contributed by atoms with Crippen LogP contribution in [0, 0.1) is 0 Å². The summed E-state index contributed by atoms with van der Waals surface area (Å²) in [5, 5.41) is 15.5. The summed E-state index contributed by atoms with van der Waals surface area (Å²) in [6.45, 7) is 6.89. The van der Waals surface area contributed by atoms with E-state index < -0.39 is 0 Å². The van der Waals surface area contributed by atoms with Crippen molar-refractivity contribution in [3.63, 3.8) is 0 Å². The fourth-order valence-electron chi connectivity index (χ4n) is 0.224. The maximum absolute atomic E-state index is 6.62. The highest BCUT2D eigenvalue weighted by atomic mass is 17.4. The van der Waals surface area contributed by atoms with Crippen LogP contribution in [0.15, 0.2) is 0 Å². The molecule has 0 unspecified atom stereocenters. The van der Waals surface area contributed by atoms with Crippen molar-refractivity contribution in [2.75, 3.05) is 27.2 Å². The summed E-state index contributed by atoms with van der Waals surface area (Å²) in [5.41, 5.74) is 0. The quantitative estimate of drug-likeness (QED) is 0.353. The molecular formula is C6H18NO3+. The first kappa shape index (κ1) is 12.5. The lowest BCUT2D eigenvalue weighted by molar-refractivity contribution is -0.886. The third-order valence-corrected chi connectivity index (χ3v) is 1.71. The van der Waals surface area contributed by atoms with Crippen molar-refractivity contribution in [2.24, 2.45) is 0 Å². The number of hydrogen-bond acceptors (Lipinski definition) is 3. The average Bonchev–Trinajstić information content (AvgIpc) is 1.90. The van der Waals surface area contributed by atoms with Crippen LogP contribution in [-0.4, -0.2) is 42.2 Å². The van der Waals surface area contributed by atoms with E-state index >= 15 is 0 Å². The molecule has 0 aromatic heterocycles. The maximum atomic E-state index is 6.62. The van der Waals surface area contributed by atoms with Gasteiger partial charge in [-0.2, -0.15) is 0 Å². The van der Waals surface area contributed by atoms with E-state index in [-0.39, 0.29) is 0 Å². The number of nitrogens with zero attached hydrogens (tertiary/aromatic N) is 1. The molecule has 0 fully saturated rings. The second-order valence-corrected chi connectivity index (χ2v) is 2.65. The van der Waals surface area contributed by atoms with Gasteiger partial charge in [-0.05, 0) is 13.8 Å². The normalized spacial score (nSPS) is 10.2. The zero-order valence-electron chi connectivity index (χ0n) is 7.16. The summed E-state index contributed by atoms with van der Waals surface area (Å²) in [4.78, 5) is 0. The van der Waals surface area contributed by atoms with Crippen molar-refractivity contribution in [1.82, 2.24) is 0 Å². The van der Waals surface area contributed by atoms with E-state index in [1.165, 1.54) is 13.1 Å². The molecule has 10 heavy (non-hydrogen) atoms. The molecule has 0 aliphatic carbocycles. The van der Waals surface area contributed by atoms with Gasteiger partial charge in [0.15, 0.2) is 0 Å². The molecule has 0 radical (unpaired) electrons. The molecule has 0 heterocycles. The molecule has 0 saturated heterocycles. The molecule has 2 N–H and O–H groups in total. The van der Waals surface area contributed by atoms with Crippen molar-refractivity contribution < 1.29 is 20.0 Å². The van der Waals surface area contributed by atoms with Crippen molar-refractivity contribution >= 4 is 0 Å². The van der Waals surface area contributed by atoms with Crippen LogP contribution in [0.4, 0.5) is 0 Å². The van der Waals surface area contributed by atoms with Gasteiger partial charge < -0.3 is 4.48 Å². The van der Waals surface area contributed by atoms with Gasteiger partial charge in [0.25, 0.3) is 0 Å². The van der Waals surface area contributed by atoms with Crippen LogP contribution in [0.25, 0.3) is 0 Å². The Morgan fingerprint density at radius 2 is 1.30 bits per heavy atom. The minimum atomic E-state index is 1.14. The first-order chi connectivity index (χ1) is 4.54. The lowest BCUT2D eigenvalue weighted by Gasteiger charge is -2.25. The van der Waals surface area contributed by atoms with Crippen molar-refractivity contribution in [2.45, 2.75) is 13.8 Å². The lowest BCUT2D eigenvalue weighted by atomic mass is 10.5. The molecule has 0 aliphatic heterocycles. The Hall–Kier alpha value is -0.160. The Morgan fingerprint density at radius 3 is 1.30 bits per heavy atom. The molecule has 0 aromatic rings. The van der Waals surface area contributed by atoms with Crippen LogP contribution in [0.3, 0.4) is 0 Å². The SMILES string of the molecule is CC[N+](C)(C)CC.OOO. The van der Waals surface area contributed by atoms with E-state index in [2.05, 4.69) is 33.0 Å². The summed E-state index contributed by atoms with van der Waals surface area (Å²) < 4.78 is 1.14. The zero-order chi connectivity index (χ0) is 8.62. The van der Waals surface area contributed by atoms with Crippen molar-refractivity contribution in [3.05, 3.63) is 0 Å². The Balaban J connectivity index is 0. The van der Waals surface area contributed by atoms with E-state index in [1.807, 2.05) is 0 Å². The van der Waals surface area contributed by atoms with Gasteiger partial charge in [-0.15, -0.1) is 0 Å². The molecular weight excluding hydrogens is 134 g/mol. The minimum absolute atomic E-state index is 1.14. The smallest absolute Gasteiger partial charge is 0.0753 e. The first-order valence-corrected chi connectivity index (χ1v) is 3.31. The first-order valence-electron chi connectivity index (χ1n) is 3.31. The predicted molar refractivity (Wildman–Crippen MR) is 39.5 cm³/mol. The third kappa shape index (κ3) is 10.8. The number of hydrogen-bond donors (Lipinski definition) is 2. The monoisotopic (exact) mass is 152 g/mol. The zero-order valence-corrected chi connectivity index (χ0v) is 7.16. The largest absolute Gasteiger partial charge is 0.329 e. The molecule has 0 aliphatic rings. The molecule has 0 amide bonds.